The van der Waals surface area contributed by atoms with E-state index in [4.69, 9.17) is 11.5 Å². The maximum atomic E-state index is 5.61. The Morgan fingerprint density at radius 3 is 2.36 bits per heavy atom. The van der Waals surface area contributed by atoms with E-state index in [-0.39, 0.29) is 11.9 Å². The normalized spacial score (nSPS) is 11.8. The molecule has 0 unspecified atom stereocenters. The molecule has 0 fully saturated rings. The summed E-state index contributed by atoms with van der Waals surface area (Å²) in [7, 11) is 0. The molecule has 0 spiro atoms. The van der Waals surface area contributed by atoms with Crippen LogP contribution in [0.25, 0.3) is 11.1 Å². The third-order valence-corrected chi connectivity index (χ3v) is 3.77. The molecule has 4 rings (SSSR count). The van der Waals surface area contributed by atoms with Crippen molar-refractivity contribution in [1.29, 1.82) is 0 Å². The lowest BCUT2D eigenvalue weighted by atomic mass is 10.1. The third-order valence-electron chi connectivity index (χ3n) is 3.77. The molecule has 2 aromatic carbocycles. The molecule has 6 nitrogen and oxygen atoms in total. The maximum Gasteiger partial charge on any atom is 0.233 e. The molecule has 0 radical (unpaired) electrons. The number of nitrogens with zero attached hydrogens (tertiary/aromatic N) is 3. The summed E-state index contributed by atoms with van der Waals surface area (Å²) in [6.45, 7) is 0. The summed E-state index contributed by atoms with van der Waals surface area (Å²) in [5.74, 6) is 0.561. The van der Waals surface area contributed by atoms with E-state index in [1.54, 1.807) is 0 Å². The van der Waals surface area contributed by atoms with Crippen molar-refractivity contribution in [2.75, 3.05) is 16.8 Å². The van der Waals surface area contributed by atoms with Crippen LogP contribution in [0.1, 0.15) is 11.1 Å². The van der Waals surface area contributed by atoms with Gasteiger partial charge in [0, 0.05) is 12.1 Å². The van der Waals surface area contributed by atoms with Crippen LogP contribution in [0, 0.1) is 0 Å². The highest BCUT2D eigenvalue weighted by Gasteiger charge is 2.20. The quantitative estimate of drug-likeness (QED) is 0.523. The number of anilines is 4. The fraction of sp³-hybridized carbons (Fsp3) is 0.0625. The first kappa shape index (κ1) is 12.6. The minimum atomic E-state index is 0.103. The van der Waals surface area contributed by atoms with E-state index in [9.17, 15) is 0 Å². The first-order valence-electron chi connectivity index (χ1n) is 6.95. The molecule has 1 aromatic heterocycles. The van der Waals surface area contributed by atoms with Crippen LogP contribution in [0.4, 0.5) is 23.5 Å². The van der Waals surface area contributed by atoms with Gasteiger partial charge >= 0.3 is 0 Å². The van der Waals surface area contributed by atoms with E-state index in [0.29, 0.717) is 5.95 Å². The Morgan fingerprint density at radius 2 is 1.55 bits per heavy atom. The molecular weight excluding hydrogens is 276 g/mol. The van der Waals surface area contributed by atoms with Crippen molar-refractivity contribution < 1.29 is 0 Å². The van der Waals surface area contributed by atoms with Crippen LogP contribution in [0.3, 0.4) is 0 Å². The smallest absolute Gasteiger partial charge is 0.233 e. The van der Waals surface area contributed by atoms with Gasteiger partial charge in [0.05, 0.1) is 0 Å². The standard InChI is InChI=1S/C16H14N6/c17-14-20-15(18)22-16(21-14)19-13-7-3-6-11-10-5-2-1-4-9(10)8-12(11)13/h1-7H,8H2,(H5,17,18,19,20,21,22). The summed E-state index contributed by atoms with van der Waals surface area (Å²) in [6, 6.07) is 14.6. The number of aromatic nitrogens is 3. The fourth-order valence-electron chi connectivity index (χ4n) is 2.86. The van der Waals surface area contributed by atoms with E-state index in [1.807, 2.05) is 12.1 Å². The molecule has 6 heteroatoms. The average molecular weight is 290 g/mol. The SMILES string of the molecule is Nc1nc(N)nc(Nc2cccc3c2Cc2ccccc2-3)n1. The Bertz CT molecular complexity index is 854. The van der Waals surface area contributed by atoms with Gasteiger partial charge in [-0.15, -0.1) is 0 Å². The molecule has 1 heterocycles. The van der Waals surface area contributed by atoms with Crippen LogP contribution < -0.4 is 16.8 Å². The van der Waals surface area contributed by atoms with Crippen molar-refractivity contribution >= 4 is 23.5 Å². The number of nitrogens with two attached hydrogens (primary N) is 2. The Balaban J connectivity index is 1.76. The molecule has 0 amide bonds. The van der Waals surface area contributed by atoms with Gasteiger partial charge in [-0.25, -0.2) is 0 Å². The molecule has 0 saturated carbocycles. The Hall–Kier alpha value is -3.15. The minimum absolute atomic E-state index is 0.103. The van der Waals surface area contributed by atoms with Gasteiger partial charge in [0.15, 0.2) is 0 Å². The van der Waals surface area contributed by atoms with Crippen LogP contribution in [0.15, 0.2) is 42.5 Å². The number of hydrogen-bond donors (Lipinski definition) is 3. The lowest BCUT2D eigenvalue weighted by molar-refractivity contribution is 1.08. The van der Waals surface area contributed by atoms with Crippen LogP contribution in [0.2, 0.25) is 0 Å². The number of nitrogens with one attached hydrogen (secondary N) is 1. The van der Waals surface area contributed by atoms with Gasteiger partial charge < -0.3 is 16.8 Å². The maximum absolute atomic E-state index is 5.61. The van der Waals surface area contributed by atoms with Crippen molar-refractivity contribution in [1.82, 2.24) is 15.0 Å². The van der Waals surface area contributed by atoms with Gasteiger partial charge in [-0.3, -0.25) is 0 Å². The molecule has 5 N–H and O–H groups in total. The summed E-state index contributed by atoms with van der Waals surface area (Å²) in [6.07, 6.45) is 0.880. The van der Waals surface area contributed by atoms with Crippen molar-refractivity contribution in [3.8, 4) is 11.1 Å². The fourth-order valence-corrected chi connectivity index (χ4v) is 2.86. The molecule has 0 atom stereocenters. The zero-order valence-electron chi connectivity index (χ0n) is 11.7. The molecule has 0 aliphatic heterocycles. The van der Waals surface area contributed by atoms with Crippen LogP contribution in [-0.2, 0) is 6.42 Å². The van der Waals surface area contributed by atoms with E-state index in [0.717, 1.165) is 12.1 Å². The zero-order chi connectivity index (χ0) is 15.1. The highest BCUT2D eigenvalue weighted by atomic mass is 15.2. The predicted octanol–water partition coefficient (Wildman–Crippen LogP) is 2.35. The topological polar surface area (TPSA) is 103 Å². The Kier molecular flexibility index (Phi) is 2.69. The first-order valence-corrected chi connectivity index (χ1v) is 6.95. The predicted molar refractivity (Wildman–Crippen MR) is 86.6 cm³/mol. The largest absolute Gasteiger partial charge is 0.368 e. The second-order valence-electron chi connectivity index (χ2n) is 5.17. The summed E-state index contributed by atoms with van der Waals surface area (Å²) in [4.78, 5) is 11.9. The molecule has 0 saturated heterocycles. The van der Waals surface area contributed by atoms with Gasteiger partial charge in [0.1, 0.15) is 0 Å². The second-order valence-corrected chi connectivity index (χ2v) is 5.17. The van der Waals surface area contributed by atoms with Gasteiger partial charge in [0.2, 0.25) is 17.8 Å². The lowest BCUT2D eigenvalue weighted by Crippen LogP contribution is -2.07. The molecule has 108 valence electrons. The van der Waals surface area contributed by atoms with Crippen molar-refractivity contribution in [3.05, 3.63) is 53.6 Å². The van der Waals surface area contributed by atoms with Crippen LogP contribution in [0.5, 0.6) is 0 Å². The summed E-state index contributed by atoms with van der Waals surface area (Å²) < 4.78 is 0. The zero-order valence-corrected chi connectivity index (χ0v) is 11.7. The summed E-state index contributed by atoms with van der Waals surface area (Å²) >= 11 is 0. The number of benzene rings is 2. The Morgan fingerprint density at radius 1 is 0.818 bits per heavy atom. The third kappa shape index (κ3) is 2.01. The molecule has 1 aliphatic carbocycles. The van der Waals surface area contributed by atoms with E-state index in [2.05, 4.69) is 50.6 Å². The minimum Gasteiger partial charge on any atom is -0.368 e. The van der Waals surface area contributed by atoms with Crippen LogP contribution >= 0.6 is 0 Å². The molecular formula is C16H14N6. The number of hydrogen-bond acceptors (Lipinski definition) is 6. The monoisotopic (exact) mass is 290 g/mol. The number of nitrogen functional groups attached to an aromatic ring is 2. The molecule has 3 aromatic rings. The van der Waals surface area contributed by atoms with Gasteiger partial charge in [-0.1, -0.05) is 36.4 Å². The highest BCUT2D eigenvalue weighted by molar-refractivity contribution is 5.82. The van der Waals surface area contributed by atoms with Gasteiger partial charge in [0.25, 0.3) is 0 Å². The first-order chi connectivity index (χ1) is 10.7. The number of fused-ring (bicyclic) bond motifs is 3. The van der Waals surface area contributed by atoms with Gasteiger partial charge in [-0.05, 0) is 28.3 Å². The van der Waals surface area contributed by atoms with Crippen LogP contribution in [-0.4, -0.2) is 15.0 Å². The number of rotatable bonds is 2. The lowest BCUT2D eigenvalue weighted by Gasteiger charge is -2.10. The summed E-state index contributed by atoms with van der Waals surface area (Å²) in [5.41, 5.74) is 17.2. The van der Waals surface area contributed by atoms with Crippen molar-refractivity contribution in [3.63, 3.8) is 0 Å². The second kappa shape index (κ2) is 4.70. The van der Waals surface area contributed by atoms with Crippen molar-refractivity contribution in [2.45, 2.75) is 6.42 Å². The molecule has 0 bridgehead atoms. The Labute approximate surface area is 127 Å². The molecule has 1 aliphatic rings. The average Bonchev–Trinajstić information content (AvgIpc) is 2.86. The van der Waals surface area contributed by atoms with E-state index < -0.39 is 0 Å². The van der Waals surface area contributed by atoms with E-state index in [1.165, 1.54) is 22.3 Å². The highest BCUT2D eigenvalue weighted by Crippen LogP contribution is 2.40. The van der Waals surface area contributed by atoms with Crippen molar-refractivity contribution in [2.24, 2.45) is 0 Å². The summed E-state index contributed by atoms with van der Waals surface area (Å²) in [5, 5.41) is 3.20. The van der Waals surface area contributed by atoms with E-state index >= 15 is 0 Å². The molecule has 22 heavy (non-hydrogen) atoms. The van der Waals surface area contributed by atoms with Gasteiger partial charge in [-0.2, -0.15) is 15.0 Å².